The Balaban J connectivity index is 1.84. The third-order valence-electron chi connectivity index (χ3n) is 3.43. The van der Waals surface area contributed by atoms with E-state index in [1.54, 1.807) is 13.2 Å². The highest BCUT2D eigenvalue weighted by Gasteiger charge is 2.08. The number of hydrogen-bond acceptors (Lipinski definition) is 4. The van der Waals surface area contributed by atoms with E-state index in [9.17, 15) is 4.79 Å². The van der Waals surface area contributed by atoms with Crippen LogP contribution in [0.15, 0.2) is 47.4 Å². The second-order valence-corrected chi connectivity index (χ2v) is 6.41. The first-order chi connectivity index (χ1) is 12.1. The predicted octanol–water partition coefficient (Wildman–Crippen LogP) is 3.42. The number of carbonyl (C=O) groups excluding carboxylic acids is 1. The van der Waals surface area contributed by atoms with Gasteiger partial charge in [0.25, 0.3) is 0 Å². The number of terminal acetylenes is 1. The number of hydrogen-bond donors (Lipinski definition) is 1. The molecule has 0 aromatic heterocycles. The summed E-state index contributed by atoms with van der Waals surface area (Å²) in [7, 11) is 1.57. The summed E-state index contributed by atoms with van der Waals surface area (Å²) in [4.78, 5) is 12.9. The van der Waals surface area contributed by atoms with Gasteiger partial charge in [-0.15, -0.1) is 18.2 Å². The van der Waals surface area contributed by atoms with Crippen molar-refractivity contribution in [2.75, 3.05) is 19.5 Å². The van der Waals surface area contributed by atoms with Crippen molar-refractivity contribution in [1.29, 1.82) is 0 Å². The maximum atomic E-state index is 12.0. The lowest BCUT2D eigenvalue weighted by Gasteiger charge is -2.10. The van der Waals surface area contributed by atoms with Gasteiger partial charge in [-0.2, -0.15) is 0 Å². The first-order valence-electron chi connectivity index (χ1n) is 7.81. The van der Waals surface area contributed by atoms with Crippen molar-refractivity contribution in [3.8, 4) is 23.8 Å². The summed E-state index contributed by atoms with van der Waals surface area (Å²) in [5.41, 5.74) is 2.29. The molecule has 0 saturated carbocycles. The fourth-order valence-electron chi connectivity index (χ4n) is 2.08. The number of benzene rings is 2. The summed E-state index contributed by atoms with van der Waals surface area (Å²) >= 11 is 1.44. The second-order valence-electron chi connectivity index (χ2n) is 5.36. The molecular formula is C20H21NO3S. The first-order valence-corrected chi connectivity index (χ1v) is 8.80. The first kappa shape index (κ1) is 18.8. The number of thioether (sulfide) groups is 1. The van der Waals surface area contributed by atoms with Crippen LogP contribution >= 0.6 is 11.8 Å². The van der Waals surface area contributed by atoms with E-state index in [-0.39, 0.29) is 12.5 Å². The lowest BCUT2D eigenvalue weighted by molar-refractivity contribution is -0.118. The smallest absolute Gasteiger partial charge is 0.230 e. The molecule has 0 fully saturated rings. The Kier molecular flexibility index (Phi) is 7.24. The van der Waals surface area contributed by atoms with Gasteiger partial charge < -0.3 is 14.8 Å². The molecule has 0 aliphatic carbocycles. The zero-order chi connectivity index (χ0) is 18.1. The molecule has 2 aromatic rings. The largest absolute Gasteiger partial charge is 0.493 e. The third-order valence-corrected chi connectivity index (χ3v) is 4.42. The average molecular weight is 355 g/mol. The van der Waals surface area contributed by atoms with Crippen molar-refractivity contribution in [2.24, 2.45) is 0 Å². The van der Waals surface area contributed by atoms with Crippen LogP contribution in [0.5, 0.6) is 11.5 Å². The predicted molar refractivity (Wildman–Crippen MR) is 101 cm³/mol. The van der Waals surface area contributed by atoms with E-state index in [2.05, 4.69) is 11.2 Å². The fraction of sp³-hybridized carbons (Fsp3) is 0.250. The maximum Gasteiger partial charge on any atom is 0.230 e. The monoisotopic (exact) mass is 355 g/mol. The van der Waals surface area contributed by atoms with Crippen molar-refractivity contribution in [3.63, 3.8) is 0 Å². The van der Waals surface area contributed by atoms with Crippen molar-refractivity contribution in [3.05, 3.63) is 53.6 Å². The van der Waals surface area contributed by atoms with Crippen LogP contribution in [0.3, 0.4) is 0 Å². The molecule has 0 bridgehead atoms. The Morgan fingerprint density at radius 3 is 2.64 bits per heavy atom. The number of nitrogens with one attached hydrogen (secondary N) is 1. The SMILES string of the molecule is C#CCOc1ccc(SCC(=O)NCc2ccc(C)cc2)cc1OC. The van der Waals surface area contributed by atoms with E-state index in [4.69, 9.17) is 15.9 Å². The quantitative estimate of drug-likeness (QED) is 0.582. The van der Waals surface area contributed by atoms with Crippen LogP contribution in [0.4, 0.5) is 0 Å². The van der Waals surface area contributed by atoms with Crippen LogP contribution in [0.25, 0.3) is 0 Å². The van der Waals surface area contributed by atoms with E-state index in [0.717, 1.165) is 10.5 Å². The molecule has 0 aliphatic rings. The van der Waals surface area contributed by atoms with E-state index < -0.39 is 0 Å². The highest BCUT2D eigenvalue weighted by Crippen LogP contribution is 2.32. The van der Waals surface area contributed by atoms with E-state index >= 15 is 0 Å². The van der Waals surface area contributed by atoms with Gasteiger partial charge in [-0.1, -0.05) is 35.7 Å². The Morgan fingerprint density at radius 1 is 1.20 bits per heavy atom. The van der Waals surface area contributed by atoms with Gasteiger partial charge in [0.2, 0.25) is 5.91 Å². The molecule has 1 N–H and O–H groups in total. The van der Waals surface area contributed by atoms with Crippen molar-refractivity contribution >= 4 is 17.7 Å². The molecule has 5 heteroatoms. The van der Waals surface area contributed by atoms with Crippen LogP contribution < -0.4 is 14.8 Å². The van der Waals surface area contributed by atoms with Crippen LogP contribution in [-0.2, 0) is 11.3 Å². The van der Waals surface area contributed by atoms with Crippen LogP contribution in [0, 0.1) is 19.3 Å². The zero-order valence-corrected chi connectivity index (χ0v) is 15.2. The van der Waals surface area contributed by atoms with Crippen molar-refractivity contribution in [2.45, 2.75) is 18.4 Å². The Bertz CT molecular complexity index is 751. The molecule has 0 heterocycles. The van der Waals surface area contributed by atoms with E-state index in [1.165, 1.54) is 17.3 Å². The highest BCUT2D eigenvalue weighted by molar-refractivity contribution is 8.00. The van der Waals surface area contributed by atoms with Gasteiger partial charge in [0.15, 0.2) is 11.5 Å². The van der Waals surface area contributed by atoms with Crippen molar-refractivity contribution < 1.29 is 14.3 Å². The summed E-state index contributed by atoms with van der Waals surface area (Å²) in [5, 5.41) is 2.92. The molecule has 0 unspecified atom stereocenters. The molecule has 0 atom stereocenters. The summed E-state index contributed by atoms with van der Waals surface area (Å²) < 4.78 is 10.7. The number of amides is 1. The molecule has 4 nitrogen and oxygen atoms in total. The minimum Gasteiger partial charge on any atom is -0.493 e. The lowest BCUT2D eigenvalue weighted by atomic mass is 10.1. The molecule has 2 rings (SSSR count). The summed E-state index contributed by atoms with van der Waals surface area (Å²) in [6.07, 6.45) is 5.19. The van der Waals surface area contributed by atoms with Gasteiger partial charge in [-0.25, -0.2) is 0 Å². The molecular weight excluding hydrogens is 334 g/mol. The number of aryl methyl sites for hydroxylation is 1. The number of rotatable bonds is 8. The molecule has 25 heavy (non-hydrogen) atoms. The Morgan fingerprint density at radius 2 is 1.96 bits per heavy atom. The van der Waals surface area contributed by atoms with Gasteiger partial charge in [-0.05, 0) is 30.7 Å². The van der Waals surface area contributed by atoms with Crippen LogP contribution in [0.2, 0.25) is 0 Å². The summed E-state index contributed by atoms with van der Waals surface area (Å²) in [6, 6.07) is 13.6. The third kappa shape index (κ3) is 6.09. The molecule has 0 spiro atoms. The summed E-state index contributed by atoms with van der Waals surface area (Å²) in [6.45, 7) is 2.75. The Labute approximate surface area is 152 Å². The molecule has 0 radical (unpaired) electrons. The van der Waals surface area contributed by atoms with Crippen LogP contribution in [0.1, 0.15) is 11.1 Å². The highest BCUT2D eigenvalue weighted by atomic mass is 32.2. The molecule has 1 amide bonds. The fourth-order valence-corrected chi connectivity index (χ4v) is 2.84. The van der Waals surface area contributed by atoms with E-state index in [1.807, 2.05) is 43.3 Å². The minimum atomic E-state index is -0.0165. The lowest BCUT2D eigenvalue weighted by Crippen LogP contribution is -2.24. The minimum absolute atomic E-state index is 0.0165. The number of ether oxygens (including phenoxy) is 2. The number of carbonyl (C=O) groups is 1. The van der Waals surface area contributed by atoms with Gasteiger partial charge in [-0.3, -0.25) is 4.79 Å². The average Bonchev–Trinajstić information content (AvgIpc) is 2.64. The maximum absolute atomic E-state index is 12.0. The standard InChI is InChI=1S/C20H21NO3S/c1-4-11-24-18-10-9-17(12-19(18)23-3)25-14-20(22)21-13-16-7-5-15(2)6-8-16/h1,5-10,12H,11,13-14H2,2-3H3,(H,21,22). The van der Waals surface area contributed by atoms with Crippen molar-refractivity contribution in [1.82, 2.24) is 5.32 Å². The normalized spacial score (nSPS) is 9.96. The Hall–Kier alpha value is -2.58. The second kappa shape index (κ2) is 9.65. The topological polar surface area (TPSA) is 47.6 Å². The van der Waals surface area contributed by atoms with Gasteiger partial charge in [0.1, 0.15) is 6.61 Å². The molecule has 130 valence electrons. The van der Waals surface area contributed by atoms with Gasteiger partial charge in [0.05, 0.1) is 12.9 Å². The van der Waals surface area contributed by atoms with Gasteiger partial charge in [0, 0.05) is 11.4 Å². The zero-order valence-electron chi connectivity index (χ0n) is 14.4. The molecule has 2 aromatic carbocycles. The van der Waals surface area contributed by atoms with Crippen LogP contribution in [-0.4, -0.2) is 25.4 Å². The summed E-state index contributed by atoms with van der Waals surface area (Å²) in [5.74, 6) is 3.92. The van der Waals surface area contributed by atoms with Gasteiger partial charge >= 0.3 is 0 Å². The van der Waals surface area contributed by atoms with E-state index in [0.29, 0.717) is 23.8 Å². The molecule has 0 aliphatic heterocycles. The molecule has 0 saturated heterocycles. The number of methoxy groups -OCH3 is 1.